The minimum atomic E-state index is -3.48. The Kier molecular flexibility index (Phi) is 12.4. The van der Waals surface area contributed by atoms with Gasteiger partial charge in [-0.2, -0.15) is 0 Å². The highest BCUT2D eigenvalue weighted by molar-refractivity contribution is 7.89. The van der Waals surface area contributed by atoms with Crippen LogP contribution in [0.2, 0.25) is 0 Å². The number of urea groups is 1. The standard InChI is InChI=1S/C15H30N2O5S/c1-23(21,22)17-15(20)16-13-11-9-7-5-3-2-4-6-8-10-12-14(18)19/h2-13H2,1H3,(H,18,19)(H2,16,17,20). The average Bonchev–Trinajstić information content (AvgIpc) is 2.41. The van der Waals surface area contributed by atoms with E-state index in [1.54, 1.807) is 0 Å². The van der Waals surface area contributed by atoms with Gasteiger partial charge < -0.3 is 10.4 Å². The molecule has 3 N–H and O–H groups in total. The van der Waals surface area contributed by atoms with Crippen LogP contribution in [-0.4, -0.2) is 38.3 Å². The fourth-order valence-electron chi connectivity index (χ4n) is 2.22. The fourth-order valence-corrected chi connectivity index (χ4v) is 2.63. The van der Waals surface area contributed by atoms with Gasteiger partial charge in [0.05, 0.1) is 6.26 Å². The van der Waals surface area contributed by atoms with Crippen molar-refractivity contribution in [3.8, 4) is 0 Å². The van der Waals surface area contributed by atoms with E-state index in [-0.39, 0.29) is 6.42 Å². The van der Waals surface area contributed by atoms with Crippen molar-refractivity contribution in [2.24, 2.45) is 0 Å². The Morgan fingerprint density at radius 2 is 1.26 bits per heavy atom. The smallest absolute Gasteiger partial charge is 0.328 e. The lowest BCUT2D eigenvalue weighted by Gasteiger charge is -2.06. The maximum absolute atomic E-state index is 11.1. The summed E-state index contributed by atoms with van der Waals surface area (Å²) in [6.45, 7) is 0.477. The van der Waals surface area contributed by atoms with Crippen LogP contribution in [0.4, 0.5) is 4.79 Å². The largest absolute Gasteiger partial charge is 0.481 e. The Hall–Kier alpha value is -1.31. The highest BCUT2D eigenvalue weighted by Crippen LogP contribution is 2.11. The number of carboxylic acids is 1. The highest BCUT2D eigenvalue weighted by atomic mass is 32.2. The summed E-state index contributed by atoms with van der Waals surface area (Å²) >= 11 is 0. The van der Waals surface area contributed by atoms with E-state index in [0.717, 1.165) is 57.6 Å². The number of unbranched alkanes of at least 4 members (excludes halogenated alkanes) is 9. The van der Waals surface area contributed by atoms with Crippen molar-refractivity contribution in [2.75, 3.05) is 12.8 Å². The summed E-state index contributed by atoms with van der Waals surface area (Å²) in [6, 6.07) is -0.671. The van der Waals surface area contributed by atoms with Crippen LogP contribution in [0.25, 0.3) is 0 Å². The van der Waals surface area contributed by atoms with Crippen molar-refractivity contribution in [3.63, 3.8) is 0 Å². The maximum atomic E-state index is 11.1. The normalized spacial score (nSPS) is 11.2. The zero-order valence-electron chi connectivity index (χ0n) is 14.0. The quantitative estimate of drug-likeness (QED) is 0.417. The van der Waals surface area contributed by atoms with E-state index < -0.39 is 22.0 Å². The van der Waals surface area contributed by atoms with E-state index in [4.69, 9.17) is 5.11 Å². The van der Waals surface area contributed by atoms with E-state index in [9.17, 15) is 18.0 Å². The Balaban J connectivity index is 3.22. The molecule has 0 bridgehead atoms. The van der Waals surface area contributed by atoms with E-state index in [2.05, 4.69) is 5.32 Å². The number of aliphatic carboxylic acids is 1. The van der Waals surface area contributed by atoms with E-state index in [0.29, 0.717) is 6.54 Å². The van der Waals surface area contributed by atoms with Crippen LogP contribution in [0.3, 0.4) is 0 Å². The molecular formula is C15H30N2O5S. The third-order valence-corrected chi connectivity index (χ3v) is 3.94. The molecule has 0 heterocycles. The lowest BCUT2D eigenvalue weighted by molar-refractivity contribution is -0.137. The minimum Gasteiger partial charge on any atom is -0.481 e. The van der Waals surface area contributed by atoms with Gasteiger partial charge in [-0.05, 0) is 12.8 Å². The van der Waals surface area contributed by atoms with Gasteiger partial charge in [0.15, 0.2) is 0 Å². The number of carbonyl (C=O) groups is 2. The third kappa shape index (κ3) is 18.6. The predicted molar refractivity (Wildman–Crippen MR) is 89.8 cm³/mol. The Bertz CT molecular complexity index is 437. The van der Waals surface area contributed by atoms with Crippen molar-refractivity contribution in [1.82, 2.24) is 10.0 Å². The van der Waals surface area contributed by atoms with Crippen LogP contribution < -0.4 is 10.0 Å². The molecule has 0 aliphatic rings. The van der Waals surface area contributed by atoms with Crippen molar-refractivity contribution >= 4 is 22.0 Å². The summed E-state index contributed by atoms with van der Waals surface area (Å²) in [4.78, 5) is 21.5. The summed E-state index contributed by atoms with van der Waals surface area (Å²) in [7, 11) is -3.48. The zero-order valence-corrected chi connectivity index (χ0v) is 14.8. The van der Waals surface area contributed by atoms with Crippen molar-refractivity contribution in [1.29, 1.82) is 0 Å². The van der Waals surface area contributed by atoms with Gasteiger partial charge >= 0.3 is 12.0 Å². The van der Waals surface area contributed by atoms with Gasteiger partial charge in [-0.1, -0.05) is 51.4 Å². The Morgan fingerprint density at radius 1 is 0.826 bits per heavy atom. The fraction of sp³-hybridized carbons (Fsp3) is 0.867. The summed E-state index contributed by atoms with van der Waals surface area (Å²) in [6.07, 6.45) is 11.7. The molecule has 0 aliphatic heterocycles. The zero-order chi connectivity index (χ0) is 17.6. The minimum absolute atomic E-state index is 0.274. The number of carboxylic acid groups (broad SMARTS) is 1. The molecule has 0 atom stereocenters. The van der Waals surface area contributed by atoms with E-state index in [1.807, 2.05) is 4.72 Å². The van der Waals surface area contributed by atoms with E-state index in [1.165, 1.54) is 12.8 Å². The molecular weight excluding hydrogens is 320 g/mol. The van der Waals surface area contributed by atoms with Crippen LogP contribution in [0, 0.1) is 0 Å². The summed E-state index contributed by atoms with van der Waals surface area (Å²) in [5.41, 5.74) is 0. The van der Waals surface area contributed by atoms with Gasteiger partial charge in [-0.3, -0.25) is 4.79 Å². The molecule has 0 aromatic carbocycles. The summed E-state index contributed by atoms with van der Waals surface area (Å²) in [5.74, 6) is -0.715. The molecule has 0 fully saturated rings. The number of nitrogens with one attached hydrogen (secondary N) is 2. The molecule has 0 saturated heterocycles. The molecule has 0 aromatic rings. The first kappa shape index (κ1) is 21.7. The summed E-state index contributed by atoms with van der Waals surface area (Å²) < 4.78 is 23.4. The SMILES string of the molecule is CS(=O)(=O)NC(=O)NCCCCCCCCCCCCC(=O)O. The maximum Gasteiger partial charge on any atom is 0.328 e. The van der Waals surface area contributed by atoms with Crippen molar-refractivity contribution < 1.29 is 23.1 Å². The molecule has 2 amide bonds. The van der Waals surface area contributed by atoms with Gasteiger partial charge in [0.1, 0.15) is 0 Å². The first-order valence-corrected chi connectivity index (χ1v) is 10.2. The molecule has 0 spiro atoms. The average molecular weight is 350 g/mol. The van der Waals surface area contributed by atoms with Crippen LogP contribution >= 0.6 is 0 Å². The second kappa shape index (κ2) is 13.2. The molecule has 0 aliphatic carbocycles. The molecule has 0 rings (SSSR count). The number of hydrogen-bond acceptors (Lipinski definition) is 4. The number of amides is 2. The van der Waals surface area contributed by atoms with Gasteiger partial charge in [0.2, 0.25) is 10.0 Å². The second-order valence-corrected chi connectivity index (χ2v) is 7.56. The number of sulfonamides is 1. The molecule has 23 heavy (non-hydrogen) atoms. The second-order valence-electron chi connectivity index (χ2n) is 5.81. The van der Waals surface area contributed by atoms with Gasteiger partial charge in [-0.15, -0.1) is 0 Å². The predicted octanol–water partition coefficient (Wildman–Crippen LogP) is 2.62. The van der Waals surface area contributed by atoms with Crippen molar-refractivity contribution in [3.05, 3.63) is 0 Å². The molecule has 0 radical (unpaired) electrons. The molecule has 0 saturated carbocycles. The van der Waals surface area contributed by atoms with Crippen LogP contribution in [0.15, 0.2) is 0 Å². The third-order valence-electron chi connectivity index (χ3n) is 3.38. The topological polar surface area (TPSA) is 113 Å². The van der Waals surface area contributed by atoms with Gasteiger partial charge in [0.25, 0.3) is 0 Å². The lowest BCUT2D eigenvalue weighted by Crippen LogP contribution is -2.39. The first-order chi connectivity index (χ1) is 10.8. The molecule has 136 valence electrons. The van der Waals surface area contributed by atoms with Crippen LogP contribution in [-0.2, 0) is 14.8 Å². The molecule has 0 aromatic heterocycles. The Morgan fingerprint density at radius 3 is 1.70 bits per heavy atom. The number of rotatable bonds is 14. The highest BCUT2D eigenvalue weighted by Gasteiger charge is 2.06. The molecule has 7 nitrogen and oxygen atoms in total. The number of hydrogen-bond donors (Lipinski definition) is 3. The molecule has 0 unspecified atom stereocenters. The van der Waals surface area contributed by atoms with Gasteiger partial charge in [-0.25, -0.2) is 17.9 Å². The summed E-state index contributed by atoms with van der Waals surface area (Å²) in [5, 5.41) is 11.0. The Labute approximate surface area is 139 Å². The number of carbonyl (C=O) groups excluding carboxylic acids is 1. The van der Waals surface area contributed by atoms with E-state index >= 15 is 0 Å². The van der Waals surface area contributed by atoms with Crippen LogP contribution in [0.1, 0.15) is 70.6 Å². The van der Waals surface area contributed by atoms with Crippen molar-refractivity contribution in [2.45, 2.75) is 70.6 Å². The lowest BCUT2D eigenvalue weighted by atomic mass is 10.1. The molecule has 8 heteroatoms. The first-order valence-electron chi connectivity index (χ1n) is 8.28. The monoisotopic (exact) mass is 350 g/mol. The van der Waals surface area contributed by atoms with Crippen LogP contribution in [0.5, 0.6) is 0 Å². The van der Waals surface area contributed by atoms with Gasteiger partial charge in [0, 0.05) is 13.0 Å².